The van der Waals surface area contributed by atoms with Crippen LogP contribution in [-0.4, -0.2) is 16.1 Å². The zero-order valence-electron chi connectivity index (χ0n) is 9.29. The largest absolute Gasteiger partial charge is 0.478 e. The number of aryl methyl sites for hydroxylation is 2. The Labute approximate surface area is 90.2 Å². The minimum atomic E-state index is -0.881. The highest BCUT2D eigenvalue weighted by Crippen LogP contribution is 2.13. The SMILES string of the molecule is CCCc1cc(CCC)c(C(=O)O)cn1. The first-order chi connectivity index (χ1) is 7.19. The van der Waals surface area contributed by atoms with Crippen molar-refractivity contribution in [2.24, 2.45) is 0 Å². The topological polar surface area (TPSA) is 50.2 Å². The Bertz CT molecular complexity index is 347. The molecule has 0 aromatic carbocycles. The molecule has 1 aromatic heterocycles. The van der Waals surface area contributed by atoms with Crippen molar-refractivity contribution in [1.82, 2.24) is 4.98 Å². The monoisotopic (exact) mass is 207 g/mol. The van der Waals surface area contributed by atoms with E-state index in [1.807, 2.05) is 13.0 Å². The van der Waals surface area contributed by atoms with Crippen LogP contribution >= 0.6 is 0 Å². The van der Waals surface area contributed by atoms with E-state index >= 15 is 0 Å². The number of nitrogens with zero attached hydrogens (tertiary/aromatic N) is 1. The molecule has 0 spiro atoms. The number of aromatic carboxylic acids is 1. The molecule has 1 heterocycles. The maximum Gasteiger partial charge on any atom is 0.337 e. The van der Waals surface area contributed by atoms with Gasteiger partial charge in [0.1, 0.15) is 0 Å². The molecule has 0 saturated carbocycles. The predicted molar refractivity (Wildman–Crippen MR) is 59.2 cm³/mol. The average molecular weight is 207 g/mol. The molecular weight excluding hydrogens is 190 g/mol. The summed E-state index contributed by atoms with van der Waals surface area (Å²) in [5.74, 6) is -0.881. The van der Waals surface area contributed by atoms with E-state index in [-0.39, 0.29) is 0 Å². The van der Waals surface area contributed by atoms with E-state index in [9.17, 15) is 4.79 Å². The van der Waals surface area contributed by atoms with Crippen LogP contribution in [0.15, 0.2) is 12.3 Å². The minimum Gasteiger partial charge on any atom is -0.478 e. The Kier molecular flexibility index (Phi) is 4.28. The van der Waals surface area contributed by atoms with Gasteiger partial charge in [0, 0.05) is 11.9 Å². The van der Waals surface area contributed by atoms with Gasteiger partial charge in [-0.05, 0) is 24.5 Å². The van der Waals surface area contributed by atoms with E-state index in [2.05, 4.69) is 11.9 Å². The third-order valence-electron chi connectivity index (χ3n) is 2.30. The fourth-order valence-electron chi connectivity index (χ4n) is 1.61. The van der Waals surface area contributed by atoms with Crippen molar-refractivity contribution in [3.63, 3.8) is 0 Å². The number of pyridine rings is 1. The lowest BCUT2D eigenvalue weighted by atomic mass is 10.0. The van der Waals surface area contributed by atoms with Crippen LogP contribution in [0.1, 0.15) is 48.3 Å². The van der Waals surface area contributed by atoms with Gasteiger partial charge < -0.3 is 5.11 Å². The summed E-state index contributed by atoms with van der Waals surface area (Å²) in [4.78, 5) is 15.1. The lowest BCUT2D eigenvalue weighted by molar-refractivity contribution is 0.0695. The molecule has 0 bridgehead atoms. The molecular formula is C12H17NO2. The molecule has 1 aromatic rings. The van der Waals surface area contributed by atoms with Gasteiger partial charge >= 0.3 is 5.97 Å². The van der Waals surface area contributed by atoms with Gasteiger partial charge in [0.2, 0.25) is 0 Å². The van der Waals surface area contributed by atoms with Crippen LogP contribution in [0.25, 0.3) is 0 Å². The molecule has 0 fully saturated rings. The molecule has 0 aliphatic heterocycles. The summed E-state index contributed by atoms with van der Waals surface area (Å²) in [5.41, 5.74) is 2.24. The first-order valence-electron chi connectivity index (χ1n) is 5.40. The Hall–Kier alpha value is -1.38. The van der Waals surface area contributed by atoms with E-state index in [1.165, 1.54) is 6.20 Å². The standard InChI is InChI=1S/C12H17NO2/c1-3-5-9-7-10(6-4-2)13-8-11(9)12(14)15/h7-8H,3-6H2,1-2H3,(H,14,15). The van der Waals surface area contributed by atoms with E-state index in [4.69, 9.17) is 5.11 Å². The second-order valence-corrected chi connectivity index (χ2v) is 3.64. The Morgan fingerprint density at radius 1 is 1.33 bits per heavy atom. The molecule has 3 nitrogen and oxygen atoms in total. The van der Waals surface area contributed by atoms with E-state index in [1.54, 1.807) is 0 Å². The number of aromatic nitrogens is 1. The zero-order valence-corrected chi connectivity index (χ0v) is 9.29. The van der Waals surface area contributed by atoms with E-state index < -0.39 is 5.97 Å². The molecule has 0 unspecified atom stereocenters. The fourth-order valence-corrected chi connectivity index (χ4v) is 1.61. The highest BCUT2D eigenvalue weighted by atomic mass is 16.4. The van der Waals surface area contributed by atoms with Crippen molar-refractivity contribution < 1.29 is 9.90 Å². The fraction of sp³-hybridized carbons (Fsp3) is 0.500. The Morgan fingerprint density at radius 2 is 2.00 bits per heavy atom. The van der Waals surface area contributed by atoms with Crippen LogP contribution in [0.3, 0.4) is 0 Å². The summed E-state index contributed by atoms with van der Waals surface area (Å²) >= 11 is 0. The van der Waals surface area contributed by atoms with Gasteiger partial charge in [0.15, 0.2) is 0 Å². The molecule has 1 N–H and O–H groups in total. The molecule has 0 saturated heterocycles. The van der Waals surface area contributed by atoms with Crippen LogP contribution < -0.4 is 0 Å². The molecule has 0 atom stereocenters. The van der Waals surface area contributed by atoms with Crippen LogP contribution in [0.5, 0.6) is 0 Å². The number of carboxylic acid groups (broad SMARTS) is 1. The summed E-state index contributed by atoms with van der Waals surface area (Å²) in [6.07, 6.45) is 5.19. The summed E-state index contributed by atoms with van der Waals surface area (Å²) in [7, 11) is 0. The van der Waals surface area contributed by atoms with Crippen molar-refractivity contribution >= 4 is 5.97 Å². The predicted octanol–water partition coefficient (Wildman–Crippen LogP) is 2.68. The average Bonchev–Trinajstić information content (AvgIpc) is 2.18. The molecule has 82 valence electrons. The zero-order chi connectivity index (χ0) is 11.3. The first-order valence-corrected chi connectivity index (χ1v) is 5.40. The molecule has 0 radical (unpaired) electrons. The number of carboxylic acids is 1. The van der Waals surface area contributed by atoms with Gasteiger partial charge in [0.05, 0.1) is 5.56 Å². The molecule has 0 aliphatic rings. The Morgan fingerprint density at radius 3 is 2.53 bits per heavy atom. The number of carbonyl (C=O) groups is 1. The van der Waals surface area contributed by atoms with Gasteiger partial charge in [-0.3, -0.25) is 4.98 Å². The molecule has 0 aliphatic carbocycles. The smallest absolute Gasteiger partial charge is 0.337 e. The maximum atomic E-state index is 10.9. The van der Waals surface area contributed by atoms with Gasteiger partial charge in [-0.1, -0.05) is 26.7 Å². The highest BCUT2D eigenvalue weighted by Gasteiger charge is 2.10. The second kappa shape index (κ2) is 5.49. The molecule has 0 amide bonds. The van der Waals surface area contributed by atoms with Crippen LogP contribution in [-0.2, 0) is 12.8 Å². The van der Waals surface area contributed by atoms with Crippen LogP contribution in [0, 0.1) is 0 Å². The van der Waals surface area contributed by atoms with E-state index in [0.717, 1.165) is 36.9 Å². The van der Waals surface area contributed by atoms with Gasteiger partial charge in [0.25, 0.3) is 0 Å². The van der Waals surface area contributed by atoms with Gasteiger partial charge in [-0.25, -0.2) is 4.79 Å². The van der Waals surface area contributed by atoms with Crippen LogP contribution in [0.2, 0.25) is 0 Å². The minimum absolute atomic E-state index is 0.344. The van der Waals surface area contributed by atoms with Crippen molar-refractivity contribution in [3.05, 3.63) is 29.1 Å². The maximum absolute atomic E-state index is 10.9. The molecule has 15 heavy (non-hydrogen) atoms. The first kappa shape index (κ1) is 11.7. The normalized spacial score (nSPS) is 10.3. The van der Waals surface area contributed by atoms with Crippen molar-refractivity contribution in [1.29, 1.82) is 0 Å². The number of hydrogen-bond acceptors (Lipinski definition) is 2. The van der Waals surface area contributed by atoms with Crippen molar-refractivity contribution in [3.8, 4) is 0 Å². The Balaban J connectivity index is 3.03. The summed E-state index contributed by atoms with van der Waals surface area (Å²) in [6, 6.07) is 1.93. The number of hydrogen-bond donors (Lipinski definition) is 1. The lowest BCUT2D eigenvalue weighted by Crippen LogP contribution is -2.05. The second-order valence-electron chi connectivity index (χ2n) is 3.64. The van der Waals surface area contributed by atoms with Gasteiger partial charge in [-0.15, -0.1) is 0 Å². The summed E-state index contributed by atoms with van der Waals surface area (Å²) < 4.78 is 0. The van der Waals surface area contributed by atoms with E-state index in [0.29, 0.717) is 5.56 Å². The molecule has 1 rings (SSSR count). The third-order valence-corrected chi connectivity index (χ3v) is 2.30. The summed E-state index contributed by atoms with van der Waals surface area (Å²) in [5, 5.41) is 8.97. The van der Waals surface area contributed by atoms with Crippen LogP contribution in [0.4, 0.5) is 0 Å². The summed E-state index contributed by atoms with van der Waals surface area (Å²) in [6.45, 7) is 4.14. The third kappa shape index (κ3) is 3.05. The lowest BCUT2D eigenvalue weighted by Gasteiger charge is -2.06. The quantitative estimate of drug-likeness (QED) is 0.807. The van der Waals surface area contributed by atoms with Crippen molar-refractivity contribution in [2.75, 3.05) is 0 Å². The van der Waals surface area contributed by atoms with Crippen molar-refractivity contribution in [2.45, 2.75) is 39.5 Å². The van der Waals surface area contributed by atoms with Gasteiger partial charge in [-0.2, -0.15) is 0 Å². The number of rotatable bonds is 5. The highest BCUT2D eigenvalue weighted by molar-refractivity contribution is 5.89. The molecule has 3 heteroatoms.